The molecule has 0 radical (unpaired) electrons. The van der Waals surface area contributed by atoms with E-state index in [0.717, 1.165) is 15.6 Å². The van der Waals surface area contributed by atoms with E-state index in [1.165, 1.54) is 0 Å². The highest BCUT2D eigenvalue weighted by atomic mass is 79.9. The zero-order valence-corrected chi connectivity index (χ0v) is 13.5. The van der Waals surface area contributed by atoms with Crippen molar-refractivity contribution >= 4 is 21.9 Å². The van der Waals surface area contributed by atoms with Crippen molar-refractivity contribution < 1.29 is 19.0 Å². The monoisotopic (exact) mass is 362 g/mol. The molecule has 0 aromatic heterocycles. The number of benzene rings is 2. The Morgan fingerprint density at radius 3 is 2.50 bits per heavy atom. The molecular weight excluding hydrogens is 348 g/mol. The average molecular weight is 363 g/mol. The minimum absolute atomic E-state index is 0.197. The summed E-state index contributed by atoms with van der Waals surface area (Å²) in [6.45, 7) is 1.27. The Bertz CT molecular complexity index is 670. The van der Waals surface area contributed by atoms with Gasteiger partial charge in [-0.3, -0.25) is 4.79 Å². The maximum absolute atomic E-state index is 11.9. The second-order valence-corrected chi connectivity index (χ2v) is 5.76. The van der Waals surface area contributed by atoms with E-state index in [4.69, 9.17) is 14.2 Å². The van der Waals surface area contributed by atoms with Gasteiger partial charge in [0.1, 0.15) is 19.8 Å². The van der Waals surface area contributed by atoms with Crippen molar-refractivity contribution in [2.24, 2.45) is 0 Å². The molecule has 5 heteroatoms. The quantitative estimate of drug-likeness (QED) is 0.780. The number of hydrogen-bond acceptors (Lipinski definition) is 4. The summed E-state index contributed by atoms with van der Waals surface area (Å²) in [4.78, 5) is 11.9. The molecule has 0 aliphatic carbocycles. The summed E-state index contributed by atoms with van der Waals surface area (Å²) in [5.74, 6) is 1.13. The molecule has 0 amide bonds. The molecule has 0 N–H and O–H groups in total. The maximum Gasteiger partial charge on any atom is 0.310 e. The topological polar surface area (TPSA) is 44.8 Å². The number of hydrogen-bond donors (Lipinski definition) is 0. The molecule has 0 saturated carbocycles. The van der Waals surface area contributed by atoms with Gasteiger partial charge in [0.25, 0.3) is 0 Å². The van der Waals surface area contributed by atoms with Gasteiger partial charge < -0.3 is 14.2 Å². The Morgan fingerprint density at radius 1 is 1.09 bits per heavy atom. The van der Waals surface area contributed by atoms with Crippen LogP contribution in [0, 0.1) is 0 Å². The first-order chi connectivity index (χ1) is 10.7. The third kappa shape index (κ3) is 3.60. The molecule has 4 nitrogen and oxygen atoms in total. The first kappa shape index (κ1) is 14.9. The molecule has 0 saturated heterocycles. The Morgan fingerprint density at radius 2 is 1.77 bits per heavy atom. The normalized spacial score (nSPS) is 12.8. The molecule has 1 heterocycles. The van der Waals surface area contributed by atoms with Gasteiger partial charge in [-0.05, 0) is 17.7 Å². The largest absolute Gasteiger partial charge is 0.486 e. The van der Waals surface area contributed by atoms with Crippen molar-refractivity contribution in [1.82, 2.24) is 0 Å². The van der Waals surface area contributed by atoms with E-state index < -0.39 is 0 Å². The van der Waals surface area contributed by atoms with Gasteiger partial charge >= 0.3 is 5.97 Å². The highest BCUT2D eigenvalue weighted by Crippen LogP contribution is 2.35. The summed E-state index contributed by atoms with van der Waals surface area (Å²) in [6, 6.07) is 13.2. The predicted octanol–water partition coefficient (Wildman–Crippen LogP) is 3.51. The van der Waals surface area contributed by atoms with E-state index in [1.807, 2.05) is 42.5 Å². The molecule has 0 spiro atoms. The number of rotatable bonds is 4. The number of halogens is 1. The van der Waals surface area contributed by atoms with Crippen LogP contribution in [0.2, 0.25) is 0 Å². The van der Waals surface area contributed by atoms with Gasteiger partial charge in [0.2, 0.25) is 0 Å². The van der Waals surface area contributed by atoms with Crippen LogP contribution in [0.3, 0.4) is 0 Å². The fourth-order valence-electron chi connectivity index (χ4n) is 2.19. The Labute approximate surface area is 137 Å². The van der Waals surface area contributed by atoms with Gasteiger partial charge in [0.15, 0.2) is 11.5 Å². The lowest BCUT2D eigenvalue weighted by molar-refractivity contribution is -0.144. The lowest BCUT2D eigenvalue weighted by atomic mass is 10.1. The van der Waals surface area contributed by atoms with Crippen molar-refractivity contribution in [2.75, 3.05) is 13.2 Å². The molecule has 0 bridgehead atoms. The Kier molecular flexibility index (Phi) is 4.63. The number of carbonyl (C=O) groups is 1. The maximum atomic E-state index is 11.9. The Hall–Kier alpha value is -2.01. The fourth-order valence-corrected chi connectivity index (χ4v) is 2.63. The van der Waals surface area contributed by atoms with Crippen LogP contribution in [0.5, 0.6) is 11.5 Å². The van der Waals surface area contributed by atoms with Gasteiger partial charge in [0, 0.05) is 10.0 Å². The van der Waals surface area contributed by atoms with E-state index in [0.29, 0.717) is 24.7 Å². The lowest BCUT2D eigenvalue weighted by Crippen LogP contribution is -2.16. The van der Waals surface area contributed by atoms with E-state index in [1.54, 1.807) is 0 Å². The van der Waals surface area contributed by atoms with Gasteiger partial charge in [-0.25, -0.2) is 0 Å². The smallest absolute Gasteiger partial charge is 0.310 e. The van der Waals surface area contributed by atoms with Gasteiger partial charge in [0.05, 0.1) is 6.42 Å². The molecule has 114 valence electrons. The summed E-state index contributed by atoms with van der Waals surface area (Å²) in [6.07, 6.45) is 0.267. The van der Waals surface area contributed by atoms with Crippen molar-refractivity contribution in [2.45, 2.75) is 13.0 Å². The molecule has 0 atom stereocenters. The van der Waals surface area contributed by atoms with Crippen molar-refractivity contribution in [3.05, 3.63) is 58.1 Å². The number of ether oxygens (including phenoxy) is 3. The SMILES string of the molecule is O=C(Cc1ccccc1)OCc1cc2c(cc1Br)OCCO2. The van der Waals surface area contributed by atoms with Crippen LogP contribution in [-0.2, 0) is 22.6 Å². The third-order valence-corrected chi connectivity index (χ3v) is 4.03. The van der Waals surface area contributed by atoms with Crippen LogP contribution in [-0.4, -0.2) is 19.2 Å². The van der Waals surface area contributed by atoms with Crippen molar-refractivity contribution in [3.8, 4) is 11.5 Å². The number of fused-ring (bicyclic) bond motifs is 1. The second-order valence-electron chi connectivity index (χ2n) is 4.91. The van der Waals surface area contributed by atoms with E-state index >= 15 is 0 Å². The predicted molar refractivity (Wildman–Crippen MR) is 85.1 cm³/mol. The van der Waals surface area contributed by atoms with Crippen LogP contribution in [0.1, 0.15) is 11.1 Å². The summed E-state index contributed by atoms with van der Waals surface area (Å²) in [5.41, 5.74) is 1.79. The van der Waals surface area contributed by atoms with Gasteiger partial charge in [-0.15, -0.1) is 0 Å². The molecule has 2 aromatic rings. The second kappa shape index (κ2) is 6.83. The van der Waals surface area contributed by atoms with E-state index in [-0.39, 0.29) is 19.0 Å². The van der Waals surface area contributed by atoms with Crippen molar-refractivity contribution in [1.29, 1.82) is 0 Å². The van der Waals surface area contributed by atoms with Crippen LogP contribution < -0.4 is 9.47 Å². The highest BCUT2D eigenvalue weighted by molar-refractivity contribution is 9.10. The Balaban J connectivity index is 1.62. The van der Waals surface area contributed by atoms with E-state index in [9.17, 15) is 4.79 Å². The molecule has 1 aliphatic heterocycles. The van der Waals surface area contributed by atoms with Gasteiger partial charge in [-0.1, -0.05) is 46.3 Å². The summed E-state index contributed by atoms with van der Waals surface area (Å²) >= 11 is 3.47. The zero-order valence-electron chi connectivity index (χ0n) is 11.9. The lowest BCUT2D eigenvalue weighted by Gasteiger charge is -2.19. The van der Waals surface area contributed by atoms with E-state index in [2.05, 4.69) is 15.9 Å². The molecule has 3 rings (SSSR count). The van der Waals surface area contributed by atoms with Crippen molar-refractivity contribution in [3.63, 3.8) is 0 Å². The van der Waals surface area contributed by atoms with Gasteiger partial charge in [-0.2, -0.15) is 0 Å². The molecular formula is C17H15BrO4. The standard InChI is InChI=1S/C17H15BrO4/c18-14-10-16-15(20-6-7-21-16)9-13(14)11-22-17(19)8-12-4-2-1-3-5-12/h1-5,9-10H,6-8,11H2. The van der Waals surface area contributed by atoms with Crippen LogP contribution >= 0.6 is 15.9 Å². The zero-order chi connectivity index (χ0) is 15.4. The minimum atomic E-state index is -0.256. The molecule has 0 unspecified atom stereocenters. The molecule has 0 fully saturated rings. The fraction of sp³-hybridized carbons (Fsp3) is 0.235. The first-order valence-corrected chi connectivity index (χ1v) is 7.79. The molecule has 2 aromatic carbocycles. The summed E-state index contributed by atoms with van der Waals surface area (Å²) in [7, 11) is 0. The van der Waals surface area contributed by atoms with Crippen LogP contribution in [0.4, 0.5) is 0 Å². The number of carbonyl (C=O) groups excluding carboxylic acids is 1. The summed E-state index contributed by atoms with van der Waals surface area (Å²) < 4.78 is 17.2. The van der Waals surface area contributed by atoms with Crippen LogP contribution in [0.15, 0.2) is 46.9 Å². The van der Waals surface area contributed by atoms with Crippen LogP contribution in [0.25, 0.3) is 0 Å². The summed E-state index contributed by atoms with van der Waals surface area (Å²) in [5, 5.41) is 0. The minimum Gasteiger partial charge on any atom is -0.486 e. The molecule has 22 heavy (non-hydrogen) atoms. The molecule has 1 aliphatic rings. The third-order valence-electron chi connectivity index (χ3n) is 3.29. The average Bonchev–Trinajstić information content (AvgIpc) is 2.54. The number of esters is 1. The highest BCUT2D eigenvalue weighted by Gasteiger charge is 2.15. The first-order valence-electron chi connectivity index (χ1n) is 7.00.